The summed E-state index contributed by atoms with van der Waals surface area (Å²) < 4.78 is 10.3. The van der Waals surface area contributed by atoms with Gasteiger partial charge in [-0.1, -0.05) is 13.8 Å². The van der Waals surface area contributed by atoms with Gasteiger partial charge in [0.2, 0.25) is 11.8 Å². The van der Waals surface area contributed by atoms with Crippen molar-refractivity contribution in [3.05, 3.63) is 23.8 Å². The summed E-state index contributed by atoms with van der Waals surface area (Å²) in [6.07, 6.45) is -0.984. The molecule has 26 heavy (non-hydrogen) atoms. The topological polar surface area (TPSA) is 123 Å². The van der Waals surface area contributed by atoms with Gasteiger partial charge in [0.05, 0.1) is 32.9 Å². The largest absolute Gasteiger partial charge is 0.497 e. The highest BCUT2D eigenvalue weighted by Crippen LogP contribution is 2.28. The molecule has 9 heteroatoms. The standard InChI is InChI=1S/C17H27N3O5.ClH/c1-10(2)16(18)17(23)20-9-15(22)19-8-13(21)12-7-11(24-3)5-6-14(12)25-4;/h5-7,10,13,16,21H,8-9,18H2,1-4H3,(H,19,22)(H,20,23);1H/t13?,16-;/m0./s1. The second-order valence-corrected chi connectivity index (χ2v) is 5.92. The maximum atomic E-state index is 11.8. The normalized spacial score (nSPS) is 12.6. The van der Waals surface area contributed by atoms with Gasteiger partial charge in [-0.2, -0.15) is 0 Å². The van der Waals surface area contributed by atoms with Crippen LogP contribution in [0.5, 0.6) is 11.5 Å². The molecule has 8 nitrogen and oxygen atoms in total. The smallest absolute Gasteiger partial charge is 0.239 e. The first-order valence-electron chi connectivity index (χ1n) is 8.00. The van der Waals surface area contributed by atoms with E-state index < -0.39 is 18.1 Å². The Morgan fingerprint density at radius 1 is 1.19 bits per heavy atom. The summed E-state index contributed by atoms with van der Waals surface area (Å²) in [5.41, 5.74) is 6.19. The van der Waals surface area contributed by atoms with Crippen LogP contribution in [-0.4, -0.2) is 50.3 Å². The average Bonchev–Trinajstić information content (AvgIpc) is 2.62. The number of aliphatic hydroxyl groups excluding tert-OH is 1. The van der Waals surface area contributed by atoms with E-state index in [1.54, 1.807) is 18.2 Å². The summed E-state index contributed by atoms with van der Waals surface area (Å²) in [5.74, 6) is 0.214. The molecule has 0 saturated heterocycles. The molecule has 1 unspecified atom stereocenters. The minimum atomic E-state index is -0.984. The monoisotopic (exact) mass is 389 g/mol. The molecule has 0 aliphatic rings. The molecule has 0 heterocycles. The molecule has 148 valence electrons. The van der Waals surface area contributed by atoms with Crippen LogP contribution in [0.1, 0.15) is 25.5 Å². The van der Waals surface area contributed by atoms with Gasteiger partial charge in [0.25, 0.3) is 0 Å². The molecule has 0 radical (unpaired) electrons. The van der Waals surface area contributed by atoms with Gasteiger partial charge in [-0.05, 0) is 24.1 Å². The van der Waals surface area contributed by atoms with Gasteiger partial charge >= 0.3 is 0 Å². The highest BCUT2D eigenvalue weighted by molar-refractivity contribution is 5.87. The van der Waals surface area contributed by atoms with Crippen molar-refractivity contribution >= 4 is 24.2 Å². The highest BCUT2D eigenvalue weighted by atomic mass is 35.5. The summed E-state index contributed by atoms with van der Waals surface area (Å²) in [4.78, 5) is 23.5. The van der Waals surface area contributed by atoms with Crippen molar-refractivity contribution in [2.75, 3.05) is 27.3 Å². The zero-order valence-corrected chi connectivity index (χ0v) is 16.3. The van der Waals surface area contributed by atoms with Crippen LogP contribution < -0.4 is 25.8 Å². The van der Waals surface area contributed by atoms with Crippen molar-refractivity contribution in [2.45, 2.75) is 26.0 Å². The Kier molecular flexibility index (Phi) is 10.7. The first kappa shape index (κ1) is 24.0. The second-order valence-electron chi connectivity index (χ2n) is 5.92. The maximum Gasteiger partial charge on any atom is 0.239 e. The van der Waals surface area contributed by atoms with Gasteiger partial charge < -0.3 is 30.9 Å². The Morgan fingerprint density at radius 3 is 2.38 bits per heavy atom. The van der Waals surface area contributed by atoms with Gasteiger partial charge in [0.15, 0.2) is 0 Å². The van der Waals surface area contributed by atoms with Crippen LogP contribution in [0, 0.1) is 5.92 Å². The van der Waals surface area contributed by atoms with Gasteiger partial charge in [0, 0.05) is 12.1 Å². The number of methoxy groups -OCH3 is 2. The van der Waals surface area contributed by atoms with Crippen LogP contribution >= 0.6 is 12.4 Å². The Hall–Kier alpha value is -2.03. The average molecular weight is 390 g/mol. The number of carbonyl (C=O) groups excluding carboxylic acids is 2. The van der Waals surface area contributed by atoms with Crippen molar-refractivity contribution < 1.29 is 24.2 Å². The van der Waals surface area contributed by atoms with Crippen molar-refractivity contribution in [3.63, 3.8) is 0 Å². The first-order valence-corrected chi connectivity index (χ1v) is 8.00. The Bertz CT molecular complexity index is 598. The number of nitrogens with one attached hydrogen (secondary N) is 2. The van der Waals surface area contributed by atoms with Crippen molar-refractivity contribution in [3.8, 4) is 11.5 Å². The molecule has 0 aliphatic heterocycles. The van der Waals surface area contributed by atoms with Crippen LogP contribution in [0.25, 0.3) is 0 Å². The number of aliphatic hydroxyl groups is 1. The van der Waals surface area contributed by atoms with Gasteiger partial charge in [-0.25, -0.2) is 0 Å². The highest BCUT2D eigenvalue weighted by Gasteiger charge is 2.19. The maximum absolute atomic E-state index is 11.8. The Morgan fingerprint density at radius 2 is 1.85 bits per heavy atom. The fourth-order valence-corrected chi connectivity index (χ4v) is 2.07. The Balaban J connectivity index is 0.00000625. The van der Waals surface area contributed by atoms with Gasteiger partial charge in [0.1, 0.15) is 11.5 Å². The zero-order chi connectivity index (χ0) is 19.0. The number of benzene rings is 1. The molecule has 1 aromatic rings. The van der Waals surface area contributed by atoms with Crippen LogP contribution in [0.15, 0.2) is 18.2 Å². The summed E-state index contributed by atoms with van der Waals surface area (Å²) in [7, 11) is 3.01. The lowest BCUT2D eigenvalue weighted by Crippen LogP contribution is -2.47. The van der Waals surface area contributed by atoms with Crippen molar-refractivity contribution in [1.29, 1.82) is 0 Å². The number of amides is 2. The number of hydrogen-bond acceptors (Lipinski definition) is 6. The minimum Gasteiger partial charge on any atom is -0.497 e. The number of halogens is 1. The zero-order valence-electron chi connectivity index (χ0n) is 15.4. The van der Waals surface area contributed by atoms with E-state index in [4.69, 9.17) is 15.2 Å². The van der Waals surface area contributed by atoms with E-state index in [1.807, 2.05) is 13.8 Å². The van der Waals surface area contributed by atoms with E-state index >= 15 is 0 Å². The molecule has 0 saturated carbocycles. The molecule has 2 atom stereocenters. The number of rotatable bonds is 9. The summed E-state index contributed by atoms with van der Waals surface area (Å²) in [5, 5.41) is 15.3. The predicted octanol–water partition coefficient (Wildman–Crippen LogP) is 0.375. The Labute approximate surface area is 159 Å². The van der Waals surface area contributed by atoms with E-state index in [1.165, 1.54) is 14.2 Å². The molecular weight excluding hydrogens is 362 g/mol. The van der Waals surface area contributed by atoms with E-state index in [9.17, 15) is 14.7 Å². The van der Waals surface area contributed by atoms with E-state index in [2.05, 4.69) is 10.6 Å². The quantitative estimate of drug-likeness (QED) is 0.484. The predicted molar refractivity (Wildman–Crippen MR) is 101 cm³/mol. The van der Waals surface area contributed by atoms with Crippen molar-refractivity contribution in [1.82, 2.24) is 10.6 Å². The van der Waals surface area contributed by atoms with Crippen LogP contribution in [0.3, 0.4) is 0 Å². The van der Waals surface area contributed by atoms with Crippen LogP contribution in [-0.2, 0) is 9.59 Å². The van der Waals surface area contributed by atoms with E-state index in [0.717, 1.165) is 0 Å². The summed E-state index contributed by atoms with van der Waals surface area (Å²) >= 11 is 0. The SMILES string of the molecule is COc1ccc(OC)c(C(O)CNC(=O)CNC(=O)[C@@H](N)C(C)C)c1.Cl. The number of carbonyl (C=O) groups is 2. The molecule has 0 bridgehead atoms. The van der Waals surface area contributed by atoms with Gasteiger partial charge in [-0.15, -0.1) is 12.4 Å². The molecule has 0 fully saturated rings. The summed E-state index contributed by atoms with van der Waals surface area (Å²) in [6.45, 7) is 3.40. The molecule has 0 spiro atoms. The fraction of sp³-hybridized carbons (Fsp3) is 0.529. The molecule has 2 amide bonds. The molecule has 1 rings (SSSR count). The minimum absolute atomic E-state index is 0. The third kappa shape index (κ3) is 7.07. The number of nitrogens with two attached hydrogens (primary N) is 1. The van der Waals surface area contributed by atoms with Crippen LogP contribution in [0.2, 0.25) is 0 Å². The number of ether oxygens (including phenoxy) is 2. The molecular formula is C17H28ClN3O5. The van der Waals surface area contributed by atoms with Gasteiger partial charge in [-0.3, -0.25) is 9.59 Å². The third-order valence-corrected chi connectivity index (χ3v) is 3.73. The lowest BCUT2D eigenvalue weighted by molar-refractivity contribution is -0.127. The summed E-state index contributed by atoms with van der Waals surface area (Å²) in [6, 6.07) is 4.35. The lowest BCUT2D eigenvalue weighted by Gasteiger charge is -2.17. The lowest BCUT2D eigenvalue weighted by atomic mass is 10.1. The van der Waals surface area contributed by atoms with E-state index in [0.29, 0.717) is 17.1 Å². The molecule has 0 aromatic heterocycles. The second kappa shape index (κ2) is 11.6. The number of hydrogen-bond donors (Lipinski definition) is 4. The van der Waals surface area contributed by atoms with Crippen LogP contribution in [0.4, 0.5) is 0 Å². The molecule has 1 aromatic carbocycles. The fourth-order valence-electron chi connectivity index (χ4n) is 2.07. The molecule has 0 aliphatic carbocycles. The first-order chi connectivity index (χ1) is 11.8. The molecule has 5 N–H and O–H groups in total. The van der Waals surface area contributed by atoms with Crippen molar-refractivity contribution in [2.24, 2.45) is 11.7 Å². The third-order valence-electron chi connectivity index (χ3n) is 3.73. The van der Waals surface area contributed by atoms with E-state index in [-0.39, 0.29) is 37.3 Å².